The van der Waals surface area contributed by atoms with Crippen LogP contribution in [0.1, 0.15) is 6.92 Å². The molecule has 0 saturated carbocycles. The maximum atomic E-state index is 11.3. The van der Waals surface area contributed by atoms with Gasteiger partial charge in [0, 0.05) is 5.56 Å². The largest absolute Gasteiger partial charge is 0.546 e. The molecule has 2 aromatic carbocycles. The summed E-state index contributed by atoms with van der Waals surface area (Å²) in [5.41, 5.74) is 1.69. The molecule has 2 rings (SSSR count). The van der Waals surface area contributed by atoms with E-state index in [0.29, 0.717) is 11.9 Å². The molecule has 92 valence electrons. The first-order valence-electron chi connectivity index (χ1n) is 5.70. The van der Waals surface area contributed by atoms with E-state index in [9.17, 15) is 9.46 Å². The van der Waals surface area contributed by atoms with Crippen LogP contribution in [0.2, 0.25) is 0 Å². The zero-order valence-electron chi connectivity index (χ0n) is 10.0. The molecule has 4 heteroatoms. The van der Waals surface area contributed by atoms with Gasteiger partial charge in [-0.05, 0) is 41.3 Å². The Kier molecular flexibility index (Phi) is 4.08. The van der Waals surface area contributed by atoms with Gasteiger partial charge in [0.2, 0.25) is 5.30 Å². The molecule has 0 spiro atoms. The molecule has 1 atom stereocenters. The average molecular weight is 261 g/mol. The second-order valence-electron chi connectivity index (χ2n) is 3.75. The summed E-state index contributed by atoms with van der Waals surface area (Å²) in [6, 6.07) is 14.6. The van der Waals surface area contributed by atoms with E-state index in [1.807, 2.05) is 43.3 Å². The van der Waals surface area contributed by atoms with E-state index in [-0.39, 0.29) is 0 Å². The molecular formula is C14H14O3P+. The second-order valence-corrected chi connectivity index (χ2v) is 4.78. The van der Waals surface area contributed by atoms with E-state index >= 15 is 0 Å². The first-order valence-corrected chi connectivity index (χ1v) is 6.92. The first-order chi connectivity index (χ1) is 8.72. The summed E-state index contributed by atoms with van der Waals surface area (Å²) >= 11 is 0. The van der Waals surface area contributed by atoms with Crippen molar-refractivity contribution in [3.05, 3.63) is 48.5 Å². The van der Waals surface area contributed by atoms with E-state index in [1.54, 1.807) is 12.1 Å². The van der Waals surface area contributed by atoms with Gasteiger partial charge in [0.25, 0.3) is 0 Å². The van der Waals surface area contributed by atoms with Crippen LogP contribution < -0.4 is 10.0 Å². The van der Waals surface area contributed by atoms with Crippen molar-refractivity contribution in [2.45, 2.75) is 6.92 Å². The van der Waals surface area contributed by atoms with E-state index in [1.165, 1.54) is 0 Å². The fourth-order valence-electron chi connectivity index (χ4n) is 1.78. The molecule has 1 unspecified atom stereocenters. The highest BCUT2D eigenvalue weighted by Gasteiger charge is 2.21. The van der Waals surface area contributed by atoms with Crippen molar-refractivity contribution in [2.75, 3.05) is 6.61 Å². The van der Waals surface area contributed by atoms with Crippen molar-refractivity contribution in [3.8, 4) is 16.9 Å². The number of hydrogen-bond acceptors (Lipinski definition) is 2. The van der Waals surface area contributed by atoms with Crippen LogP contribution in [-0.4, -0.2) is 11.5 Å². The second kappa shape index (κ2) is 5.76. The minimum Gasteiger partial charge on any atom is -0.494 e. The lowest BCUT2D eigenvalue weighted by Gasteiger charge is -2.05. The molecule has 0 aromatic heterocycles. The monoisotopic (exact) mass is 261 g/mol. The van der Waals surface area contributed by atoms with Crippen LogP contribution in [0.3, 0.4) is 0 Å². The van der Waals surface area contributed by atoms with Gasteiger partial charge in [-0.25, -0.2) is 0 Å². The van der Waals surface area contributed by atoms with Gasteiger partial charge in [-0.1, -0.05) is 24.3 Å². The van der Waals surface area contributed by atoms with Gasteiger partial charge in [0.1, 0.15) is 5.75 Å². The van der Waals surface area contributed by atoms with Crippen LogP contribution in [0.25, 0.3) is 11.1 Å². The number of benzene rings is 2. The SMILES string of the molecule is CCOc1ccc(-c2ccccc2[P+](=O)O)cc1. The maximum Gasteiger partial charge on any atom is 0.546 e. The van der Waals surface area contributed by atoms with Gasteiger partial charge in [-0.2, -0.15) is 4.89 Å². The lowest BCUT2D eigenvalue weighted by Crippen LogP contribution is -2.00. The fourth-order valence-corrected chi connectivity index (χ4v) is 2.41. The summed E-state index contributed by atoms with van der Waals surface area (Å²) in [4.78, 5) is 9.29. The highest BCUT2D eigenvalue weighted by Crippen LogP contribution is 2.26. The lowest BCUT2D eigenvalue weighted by molar-refractivity contribution is 0.340. The van der Waals surface area contributed by atoms with Crippen LogP contribution in [0, 0.1) is 0 Å². The zero-order chi connectivity index (χ0) is 13.0. The van der Waals surface area contributed by atoms with Crippen molar-refractivity contribution in [3.63, 3.8) is 0 Å². The summed E-state index contributed by atoms with van der Waals surface area (Å²) in [5.74, 6) is 0.798. The van der Waals surface area contributed by atoms with Crippen molar-refractivity contribution in [1.29, 1.82) is 0 Å². The Morgan fingerprint density at radius 1 is 1.11 bits per heavy atom. The first kappa shape index (κ1) is 12.7. The van der Waals surface area contributed by atoms with Gasteiger partial charge in [-0.15, -0.1) is 0 Å². The Labute approximate surface area is 107 Å². The van der Waals surface area contributed by atoms with E-state index < -0.39 is 8.03 Å². The van der Waals surface area contributed by atoms with Crippen molar-refractivity contribution >= 4 is 13.3 Å². The number of hydrogen-bond donors (Lipinski definition) is 1. The van der Waals surface area contributed by atoms with Gasteiger partial charge in [0.15, 0.2) is 0 Å². The molecular weight excluding hydrogens is 247 g/mol. The molecule has 0 aliphatic carbocycles. The van der Waals surface area contributed by atoms with Crippen LogP contribution in [-0.2, 0) is 4.57 Å². The topological polar surface area (TPSA) is 46.5 Å². The van der Waals surface area contributed by atoms with Crippen LogP contribution in [0.5, 0.6) is 5.75 Å². The average Bonchev–Trinajstić information content (AvgIpc) is 2.40. The Morgan fingerprint density at radius 2 is 1.78 bits per heavy atom. The van der Waals surface area contributed by atoms with Gasteiger partial charge in [-0.3, -0.25) is 0 Å². The predicted octanol–water partition coefficient (Wildman–Crippen LogP) is 3.11. The van der Waals surface area contributed by atoms with Gasteiger partial charge < -0.3 is 4.74 Å². The third-order valence-electron chi connectivity index (χ3n) is 2.59. The summed E-state index contributed by atoms with van der Waals surface area (Å²) in [6.45, 7) is 2.55. The molecule has 0 radical (unpaired) electrons. The predicted molar refractivity (Wildman–Crippen MR) is 72.5 cm³/mol. The van der Waals surface area contributed by atoms with Crippen LogP contribution in [0.4, 0.5) is 0 Å². The molecule has 0 amide bonds. The zero-order valence-corrected chi connectivity index (χ0v) is 10.9. The maximum absolute atomic E-state index is 11.3. The van der Waals surface area contributed by atoms with E-state index in [4.69, 9.17) is 4.74 Å². The highest BCUT2D eigenvalue weighted by molar-refractivity contribution is 7.47. The Hall–Kier alpha value is -1.70. The molecule has 0 aliphatic heterocycles. The fraction of sp³-hybridized carbons (Fsp3) is 0.143. The molecule has 0 aliphatic rings. The van der Waals surface area contributed by atoms with E-state index in [2.05, 4.69) is 0 Å². The number of ether oxygens (including phenoxy) is 1. The molecule has 1 N–H and O–H groups in total. The number of rotatable bonds is 4. The van der Waals surface area contributed by atoms with Crippen LogP contribution in [0.15, 0.2) is 48.5 Å². The standard InChI is InChI=1S/C14H13O3P/c1-2-17-12-9-7-11(8-10-12)13-5-3-4-6-14(13)18(15)16/h3-10H,2H2,1H3/p+1. The summed E-state index contributed by atoms with van der Waals surface area (Å²) < 4.78 is 16.7. The summed E-state index contributed by atoms with van der Waals surface area (Å²) in [7, 11) is -2.34. The third-order valence-corrected chi connectivity index (χ3v) is 3.39. The van der Waals surface area contributed by atoms with Crippen LogP contribution >= 0.6 is 8.03 Å². The lowest BCUT2D eigenvalue weighted by atomic mass is 10.1. The summed E-state index contributed by atoms with van der Waals surface area (Å²) in [5, 5.41) is 0.455. The molecule has 2 aromatic rings. The van der Waals surface area contributed by atoms with Crippen molar-refractivity contribution in [1.82, 2.24) is 0 Å². The molecule has 18 heavy (non-hydrogen) atoms. The highest BCUT2D eigenvalue weighted by atomic mass is 31.1. The van der Waals surface area contributed by atoms with Crippen molar-refractivity contribution < 1.29 is 14.2 Å². The molecule has 3 nitrogen and oxygen atoms in total. The minimum atomic E-state index is -2.34. The Balaban J connectivity index is 2.39. The normalized spacial score (nSPS) is 11.1. The van der Waals surface area contributed by atoms with Gasteiger partial charge in [0.05, 0.1) is 6.61 Å². The smallest absolute Gasteiger partial charge is 0.494 e. The Morgan fingerprint density at radius 3 is 2.39 bits per heavy atom. The molecule has 0 saturated heterocycles. The molecule has 0 bridgehead atoms. The minimum absolute atomic E-state index is 0.455. The van der Waals surface area contributed by atoms with Gasteiger partial charge >= 0.3 is 8.03 Å². The van der Waals surface area contributed by atoms with E-state index in [0.717, 1.165) is 16.9 Å². The molecule has 0 heterocycles. The Bertz CT molecular complexity index is 549. The third kappa shape index (κ3) is 2.76. The summed E-state index contributed by atoms with van der Waals surface area (Å²) in [6.07, 6.45) is 0. The van der Waals surface area contributed by atoms with Crippen molar-refractivity contribution in [2.24, 2.45) is 0 Å². The quantitative estimate of drug-likeness (QED) is 0.860. The molecule has 0 fully saturated rings.